The summed E-state index contributed by atoms with van der Waals surface area (Å²) in [6.45, 7) is 1.91. The lowest BCUT2D eigenvalue weighted by Crippen LogP contribution is -2.25. The van der Waals surface area contributed by atoms with Gasteiger partial charge in [0.15, 0.2) is 6.61 Å². The van der Waals surface area contributed by atoms with Crippen LogP contribution in [0.1, 0.15) is 15.9 Å². The van der Waals surface area contributed by atoms with Gasteiger partial charge in [-0.25, -0.2) is 0 Å². The first kappa shape index (κ1) is 15.9. The van der Waals surface area contributed by atoms with Crippen molar-refractivity contribution in [2.24, 2.45) is 0 Å². The molecule has 0 fully saturated rings. The maximum Gasteiger partial charge on any atom is 0.262 e. The van der Waals surface area contributed by atoms with E-state index in [4.69, 9.17) is 4.74 Å². The Morgan fingerprint density at radius 3 is 2.71 bits per heavy atom. The van der Waals surface area contributed by atoms with Crippen LogP contribution in [0.25, 0.3) is 0 Å². The fraction of sp³-hybridized carbons (Fsp3) is 0.222. The first-order valence-electron chi connectivity index (χ1n) is 7.60. The van der Waals surface area contributed by atoms with Gasteiger partial charge in [-0.15, -0.1) is 0 Å². The summed E-state index contributed by atoms with van der Waals surface area (Å²) < 4.78 is 5.34. The maximum atomic E-state index is 12.5. The van der Waals surface area contributed by atoms with Gasteiger partial charge in [-0.05, 0) is 48.9 Å². The molecule has 1 aliphatic rings. The predicted octanol–water partition coefficient (Wildman–Crippen LogP) is 2.64. The van der Waals surface area contributed by atoms with E-state index in [1.54, 1.807) is 18.2 Å². The van der Waals surface area contributed by atoms with Crippen LogP contribution in [0.15, 0.2) is 36.4 Å². The Hall–Kier alpha value is -3.02. The topological polar surface area (TPSA) is 70.7 Å². The molecule has 2 N–H and O–H groups in total. The number of amides is 2. The van der Waals surface area contributed by atoms with Gasteiger partial charge in [-0.3, -0.25) is 9.59 Å². The SMILES string of the molecule is Cc1cc(N(C)C)ccc1NC(=O)c1ccc2c(c1)OCC(=O)N2. The number of anilines is 3. The van der Waals surface area contributed by atoms with Crippen LogP contribution in [0.5, 0.6) is 5.75 Å². The van der Waals surface area contributed by atoms with Gasteiger partial charge in [-0.2, -0.15) is 0 Å². The van der Waals surface area contributed by atoms with Crippen molar-refractivity contribution in [2.45, 2.75) is 6.92 Å². The first-order valence-corrected chi connectivity index (χ1v) is 7.60. The summed E-state index contributed by atoms with van der Waals surface area (Å²) in [5.74, 6) is 0.0808. The highest BCUT2D eigenvalue weighted by molar-refractivity contribution is 6.06. The van der Waals surface area contributed by atoms with Crippen LogP contribution in [0.4, 0.5) is 17.1 Å². The maximum absolute atomic E-state index is 12.5. The summed E-state index contributed by atoms with van der Waals surface area (Å²) in [5.41, 5.74) is 3.87. The minimum atomic E-state index is -0.223. The largest absolute Gasteiger partial charge is 0.482 e. The molecule has 0 saturated carbocycles. The predicted molar refractivity (Wildman–Crippen MR) is 94.0 cm³/mol. The Kier molecular flexibility index (Phi) is 4.12. The molecule has 0 aliphatic carbocycles. The van der Waals surface area contributed by atoms with E-state index in [1.807, 2.05) is 44.1 Å². The molecule has 2 amide bonds. The van der Waals surface area contributed by atoms with Crippen molar-refractivity contribution in [1.29, 1.82) is 0 Å². The van der Waals surface area contributed by atoms with Gasteiger partial charge in [0, 0.05) is 31.0 Å². The lowest BCUT2D eigenvalue weighted by molar-refractivity contribution is -0.118. The smallest absolute Gasteiger partial charge is 0.262 e. The first-order chi connectivity index (χ1) is 11.4. The molecule has 0 bridgehead atoms. The van der Waals surface area contributed by atoms with Crippen LogP contribution in [-0.2, 0) is 4.79 Å². The van der Waals surface area contributed by atoms with E-state index in [9.17, 15) is 9.59 Å². The summed E-state index contributed by atoms with van der Waals surface area (Å²) >= 11 is 0. The van der Waals surface area contributed by atoms with Crippen molar-refractivity contribution in [3.8, 4) is 5.75 Å². The summed E-state index contributed by atoms with van der Waals surface area (Å²) in [4.78, 5) is 25.8. The van der Waals surface area contributed by atoms with E-state index in [0.29, 0.717) is 17.0 Å². The summed E-state index contributed by atoms with van der Waals surface area (Å²) in [6, 6.07) is 10.8. The zero-order chi connectivity index (χ0) is 17.3. The average molecular weight is 325 g/mol. The second-order valence-corrected chi connectivity index (χ2v) is 5.90. The van der Waals surface area contributed by atoms with E-state index in [2.05, 4.69) is 10.6 Å². The number of hydrogen-bond acceptors (Lipinski definition) is 4. The number of carbonyl (C=O) groups is 2. The number of benzene rings is 2. The molecule has 2 aromatic carbocycles. The highest BCUT2D eigenvalue weighted by Crippen LogP contribution is 2.29. The lowest BCUT2D eigenvalue weighted by Gasteiger charge is -2.19. The van der Waals surface area contributed by atoms with Gasteiger partial charge in [0.25, 0.3) is 11.8 Å². The van der Waals surface area contributed by atoms with Gasteiger partial charge in [0.2, 0.25) is 0 Å². The molecule has 1 heterocycles. The van der Waals surface area contributed by atoms with Crippen LogP contribution in [-0.4, -0.2) is 32.5 Å². The van der Waals surface area contributed by atoms with Crippen molar-refractivity contribution < 1.29 is 14.3 Å². The van der Waals surface area contributed by atoms with Crippen molar-refractivity contribution in [2.75, 3.05) is 36.2 Å². The molecule has 0 spiro atoms. The van der Waals surface area contributed by atoms with Crippen molar-refractivity contribution in [1.82, 2.24) is 0 Å². The molecule has 0 aromatic heterocycles. The average Bonchev–Trinajstić information content (AvgIpc) is 2.55. The van der Waals surface area contributed by atoms with E-state index in [0.717, 1.165) is 16.9 Å². The third kappa shape index (κ3) is 3.17. The molecule has 1 aliphatic heterocycles. The number of aryl methyl sites for hydroxylation is 1. The fourth-order valence-corrected chi connectivity index (χ4v) is 2.48. The molecule has 2 aromatic rings. The number of hydrogen-bond donors (Lipinski definition) is 2. The molecule has 0 saturated heterocycles. The fourth-order valence-electron chi connectivity index (χ4n) is 2.48. The van der Waals surface area contributed by atoms with Crippen molar-refractivity contribution in [3.63, 3.8) is 0 Å². The van der Waals surface area contributed by atoms with Crippen LogP contribution in [0, 0.1) is 6.92 Å². The van der Waals surface area contributed by atoms with Crippen LogP contribution >= 0.6 is 0 Å². The summed E-state index contributed by atoms with van der Waals surface area (Å²) in [7, 11) is 3.94. The van der Waals surface area contributed by atoms with Crippen LogP contribution in [0.2, 0.25) is 0 Å². The van der Waals surface area contributed by atoms with E-state index in [1.165, 1.54) is 0 Å². The van der Waals surface area contributed by atoms with Gasteiger partial charge in [-0.1, -0.05) is 0 Å². The molecular formula is C18H19N3O3. The Morgan fingerprint density at radius 1 is 1.21 bits per heavy atom. The highest BCUT2D eigenvalue weighted by Gasteiger charge is 2.18. The van der Waals surface area contributed by atoms with Crippen LogP contribution < -0.4 is 20.3 Å². The zero-order valence-electron chi connectivity index (χ0n) is 13.8. The molecule has 3 rings (SSSR count). The normalized spacial score (nSPS) is 12.7. The summed E-state index contributed by atoms with van der Waals surface area (Å²) in [6.07, 6.45) is 0. The molecule has 0 atom stereocenters. The molecule has 124 valence electrons. The summed E-state index contributed by atoms with van der Waals surface area (Å²) in [5, 5.41) is 5.61. The third-order valence-electron chi connectivity index (χ3n) is 3.85. The quantitative estimate of drug-likeness (QED) is 0.910. The number of fused-ring (bicyclic) bond motifs is 1. The van der Waals surface area contributed by atoms with E-state index >= 15 is 0 Å². The van der Waals surface area contributed by atoms with Gasteiger partial charge in [0.05, 0.1) is 5.69 Å². The Morgan fingerprint density at radius 2 is 2.00 bits per heavy atom. The van der Waals surface area contributed by atoms with E-state index < -0.39 is 0 Å². The molecular weight excluding hydrogens is 306 g/mol. The number of ether oxygens (including phenoxy) is 1. The minimum Gasteiger partial charge on any atom is -0.482 e. The zero-order valence-corrected chi connectivity index (χ0v) is 13.8. The van der Waals surface area contributed by atoms with Gasteiger partial charge >= 0.3 is 0 Å². The van der Waals surface area contributed by atoms with Crippen molar-refractivity contribution >= 4 is 28.9 Å². The number of nitrogens with one attached hydrogen (secondary N) is 2. The lowest BCUT2D eigenvalue weighted by atomic mass is 10.1. The Balaban J connectivity index is 1.79. The second-order valence-electron chi connectivity index (χ2n) is 5.90. The number of rotatable bonds is 3. The Labute approximate surface area is 140 Å². The van der Waals surface area contributed by atoms with Gasteiger partial charge < -0.3 is 20.3 Å². The standard InChI is InChI=1S/C18H19N3O3/c1-11-8-13(21(2)3)5-7-14(11)20-18(23)12-4-6-15-16(9-12)24-10-17(22)19-15/h4-9H,10H2,1-3H3,(H,19,22)(H,20,23). The highest BCUT2D eigenvalue weighted by atomic mass is 16.5. The molecule has 24 heavy (non-hydrogen) atoms. The Bertz CT molecular complexity index is 815. The minimum absolute atomic E-state index is 0.0385. The molecule has 6 heteroatoms. The van der Waals surface area contributed by atoms with Gasteiger partial charge in [0.1, 0.15) is 5.75 Å². The van der Waals surface area contributed by atoms with E-state index in [-0.39, 0.29) is 18.4 Å². The van der Waals surface area contributed by atoms with Crippen LogP contribution in [0.3, 0.4) is 0 Å². The molecule has 0 unspecified atom stereocenters. The molecule has 0 radical (unpaired) electrons. The third-order valence-corrected chi connectivity index (χ3v) is 3.85. The monoisotopic (exact) mass is 325 g/mol. The van der Waals surface area contributed by atoms with Crippen molar-refractivity contribution in [3.05, 3.63) is 47.5 Å². The molecule has 6 nitrogen and oxygen atoms in total. The number of carbonyl (C=O) groups excluding carboxylic acids is 2. The second kappa shape index (κ2) is 6.23. The number of nitrogens with zero attached hydrogens (tertiary/aromatic N) is 1.